The molecule has 11 heteroatoms. The second-order valence-electron chi connectivity index (χ2n) is 10.2. The number of aromatic amines is 1. The van der Waals surface area contributed by atoms with Crippen molar-refractivity contribution in [3.8, 4) is 17.6 Å². The number of aryl methyl sites for hydroxylation is 1. The molecule has 0 radical (unpaired) electrons. The van der Waals surface area contributed by atoms with E-state index in [1.165, 1.54) is 0 Å². The van der Waals surface area contributed by atoms with Crippen molar-refractivity contribution in [3.63, 3.8) is 0 Å². The maximum Gasteiger partial charge on any atom is 0.210 e. The third kappa shape index (κ3) is 4.15. The van der Waals surface area contributed by atoms with Gasteiger partial charge in [-0.2, -0.15) is 15.3 Å². The van der Waals surface area contributed by atoms with Gasteiger partial charge in [0, 0.05) is 48.5 Å². The van der Waals surface area contributed by atoms with Crippen LogP contribution in [0.25, 0.3) is 22.2 Å². The van der Waals surface area contributed by atoms with Gasteiger partial charge < -0.3 is 24.3 Å². The summed E-state index contributed by atoms with van der Waals surface area (Å²) >= 11 is 0. The van der Waals surface area contributed by atoms with Crippen molar-refractivity contribution in [3.05, 3.63) is 48.0 Å². The number of hydrogen-bond acceptors (Lipinski definition) is 8. The van der Waals surface area contributed by atoms with E-state index in [4.69, 9.17) is 14.6 Å². The van der Waals surface area contributed by atoms with Gasteiger partial charge in [0.05, 0.1) is 36.1 Å². The average molecular weight is 498 g/mol. The molecule has 6 heterocycles. The molecule has 1 atom stereocenters. The van der Waals surface area contributed by atoms with Crippen LogP contribution in [-0.4, -0.2) is 47.5 Å². The SMILES string of the molecule is Cn1c(Nc2cc(C(C)(C)C)n([C@H]3CCOC3)n2)nc2ncc(Oc3cnc4[nH]cc(C#N)c4c3)cc21. The zero-order chi connectivity index (χ0) is 25.7. The van der Waals surface area contributed by atoms with E-state index in [1.807, 2.05) is 17.7 Å². The molecule has 1 fully saturated rings. The van der Waals surface area contributed by atoms with Crippen molar-refractivity contribution in [2.45, 2.75) is 38.6 Å². The topological polar surface area (TPSA) is 131 Å². The highest BCUT2D eigenvalue weighted by Gasteiger charge is 2.28. The molecule has 0 aromatic carbocycles. The number of pyridine rings is 2. The minimum atomic E-state index is -0.0675. The molecule has 1 aliphatic heterocycles. The fraction of sp³-hybridized carbons (Fsp3) is 0.346. The van der Waals surface area contributed by atoms with Crippen molar-refractivity contribution in [2.75, 3.05) is 18.5 Å². The van der Waals surface area contributed by atoms with Crippen molar-refractivity contribution in [1.82, 2.24) is 34.3 Å². The molecule has 0 saturated carbocycles. The standard InChI is InChI=1S/C26H27N9O2/c1-26(2,3)21-9-22(33-35(21)16-5-6-36-14-16)31-25-32-24-20(34(25)4)8-18(13-30-24)37-17-7-19-15(10-27)11-28-23(19)29-12-17/h7-9,11-13,16H,5-6,14H2,1-4H3,(H,28,29)(H,30,31,32,33)/t16-/m0/s1. The Morgan fingerprint density at radius 3 is 2.76 bits per heavy atom. The Kier molecular flexibility index (Phi) is 5.35. The summed E-state index contributed by atoms with van der Waals surface area (Å²) in [7, 11) is 1.92. The molecule has 1 aliphatic rings. The first kappa shape index (κ1) is 23.0. The summed E-state index contributed by atoms with van der Waals surface area (Å²) in [5, 5.41) is 18.2. The molecule has 0 amide bonds. The van der Waals surface area contributed by atoms with E-state index in [2.05, 4.69) is 62.8 Å². The van der Waals surface area contributed by atoms with Crippen molar-refractivity contribution in [2.24, 2.45) is 7.05 Å². The molecule has 0 spiro atoms. The first-order valence-electron chi connectivity index (χ1n) is 12.1. The van der Waals surface area contributed by atoms with Crippen LogP contribution in [0.3, 0.4) is 0 Å². The summed E-state index contributed by atoms with van der Waals surface area (Å²) < 4.78 is 15.6. The van der Waals surface area contributed by atoms with Gasteiger partial charge in [-0.05, 0) is 12.5 Å². The molecule has 2 N–H and O–H groups in total. The maximum absolute atomic E-state index is 9.30. The van der Waals surface area contributed by atoms with E-state index in [1.54, 1.807) is 24.7 Å². The summed E-state index contributed by atoms with van der Waals surface area (Å²) in [6, 6.07) is 8.13. The van der Waals surface area contributed by atoms with Crippen LogP contribution in [0.2, 0.25) is 0 Å². The summed E-state index contributed by atoms with van der Waals surface area (Å²) in [6.07, 6.45) is 5.82. The van der Waals surface area contributed by atoms with E-state index >= 15 is 0 Å². The fourth-order valence-corrected chi connectivity index (χ4v) is 4.61. The van der Waals surface area contributed by atoms with Gasteiger partial charge in [0.25, 0.3) is 0 Å². The third-order valence-electron chi connectivity index (χ3n) is 6.57. The number of nitrogens with zero attached hydrogens (tertiary/aromatic N) is 7. The quantitative estimate of drug-likeness (QED) is 0.357. The van der Waals surface area contributed by atoms with E-state index in [0.717, 1.165) is 30.1 Å². The number of nitrogens with one attached hydrogen (secondary N) is 2. The second-order valence-corrected chi connectivity index (χ2v) is 10.2. The number of ether oxygens (including phenoxy) is 2. The van der Waals surface area contributed by atoms with Crippen molar-refractivity contribution in [1.29, 1.82) is 5.26 Å². The lowest BCUT2D eigenvalue weighted by Crippen LogP contribution is -2.22. The minimum Gasteiger partial charge on any atom is -0.454 e. The van der Waals surface area contributed by atoms with Crippen LogP contribution in [0.5, 0.6) is 11.5 Å². The number of anilines is 2. The Balaban J connectivity index is 1.29. The van der Waals surface area contributed by atoms with Gasteiger partial charge in [-0.25, -0.2) is 9.97 Å². The van der Waals surface area contributed by atoms with Gasteiger partial charge in [0.15, 0.2) is 11.5 Å². The van der Waals surface area contributed by atoms with E-state index in [-0.39, 0.29) is 11.5 Å². The summed E-state index contributed by atoms with van der Waals surface area (Å²) in [5.74, 6) is 2.41. The summed E-state index contributed by atoms with van der Waals surface area (Å²) in [6.45, 7) is 7.99. The first-order valence-corrected chi connectivity index (χ1v) is 12.1. The highest BCUT2D eigenvalue weighted by molar-refractivity contribution is 5.83. The fourth-order valence-electron chi connectivity index (χ4n) is 4.61. The van der Waals surface area contributed by atoms with Crippen LogP contribution in [0.4, 0.5) is 11.8 Å². The normalized spacial score (nSPS) is 15.9. The molecule has 0 unspecified atom stereocenters. The molecule has 11 nitrogen and oxygen atoms in total. The number of H-pyrrole nitrogens is 1. The zero-order valence-corrected chi connectivity index (χ0v) is 21.1. The van der Waals surface area contributed by atoms with Crippen LogP contribution >= 0.6 is 0 Å². The molecule has 5 aromatic heterocycles. The molecule has 0 aliphatic carbocycles. The number of hydrogen-bond donors (Lipinski definition) is 2. The van der Waals surface area contributed by atoms with Gasteiger partial charge in [-0.1, -0.05) is 20.8 Å². The minimum absolute atomic E-state index is 0.0675. The zero-order valence-electron chi connectivity index (χ0n) is 21.1. The Morgan fingerprint density at radius 1 is 1.19 bits per heavy atom. The lowest BCUT2D eigenvalue weighted by molar-refractivity contribution is 0.183. The van der Waals surface area contributed by atoms with Crippen LogP contribution in [0, 0.1) is 11.3 Å². The van der Waals surface area contributed by atoms with Crippen molar-refractivity contribution >= 4 is 34.0 Å². The molecule has 6 rings (SSSR count). The monoisotopic (exact) mass is 497 g/mol. The third-order valence-corrected chi connectivity index (χ3v) is 6.57. The summed E-state index contributed by atoms with van der Waals surface area (Å²) in [4.78, 5) is 16.5. The molecular weight excluding hydrogens is 470 g/mol. The smallest absolute Gasteiger partial charge is 0.210 e. The van der Waals surface area contributed by atoms with Gasteiger partial charge in [-0.15, -0.1) is 0 Å². The lowest BCUT2D eigenvalue weighted by atomic mass is 9.91. The van der Waals surface area contributed by atoms with Crippen molar-refractivity contribution < 1.29 is 9.47 Å². The predicted octanol–water partition coefficient (Wildman–Crippen LogP) is 4.71. The Morgan fingerprint density at radius 2 is 2.00 bits per heavy atom. The van der Waals surface area contributed by atoms with Crippen LogP contribution in [-0.2, 0) is 17.2 Å². The van der Waals surface area contributed by atoms with Gasteiger partial charge in [-0.3, -0.25) is 4.68 Å². The number of aromatic nitrogens is 7. The molecule has 37 heavy (non-hydrogen) atoms. The number of nitriles is 1. The Labute approximate surface area is 213 Å². The Bertz CT molecular complexity index is 1660. The number of rotatable bonds is 5. The second kappa shape index (κ2) is 8.60. The molecule has 0 bridgehead atoms. The molecule has 1 saturated heterocycles. The first-order chi connectivity index (χ1) is 17.8. The summed E-state index contributed by atoms with van der Waals surface area (Å²) in [5.41, 5.74) is 3.61. The highest BCUT2D eigenvalue weighted by atomic mass is 16.5. The van der Waals surface area contributed by atoms with E-state index in [0.29, 0.717) is 46.3 Å². The largest absolute Gasteiger partial charge is 0.454 e. The van der Waals surface area contributed by atoms with E-state index in [9.17, 15) is 5.26 Å². The predicted molar refractivity (Wildman–Crippen MR) is 138 cm³/mol. The maximum atomic E-state index is 9.30. The van der Waals surface area contributed by atoms with Crippen LogP contribution in [0.1, 0.15) is 44.5 Å². The molecular formula is C26H27N9O2. The molecule has 5 aromatic rings. The van der Waals surface area contributed by atoms with Crippen LogP contribution in [0.15, 0.2) is 36.8 Å². The Hall–Kier alpha value is -4.43. The molecule has 188 valence electrons. The van der Waals surface area contributed by atoms with Gasteiger partial charge in [0.2, 0.25) is 5.95 Å². The number of fused-ring (bicyclic) bond motifs is 2. The lowest BCUT2D eigenvalue weighted by Gasteiger charge is -2.22. The number of imidazole rings is 1. The van der Waals surface area contributed by atoms with Gasteiger partial charge >= 0.3 is 0 Å². The average Bonchev–Trinajstić information content (AvgIpc) is 3.65. The van der Waals surface area contributed by atoms with Crippen LogP contribution < -0.4 is 10.1 Å². The highest BCUT2D eigenvalue weighted by Crippen LogP contribution is 2.32. The van der Waals surface area contributed by atoms with Gasteiger partial charge in [0.1, 0.15) is 23.2 Å². The van der Waals surface area contributed by atoms with E-state index < -0.39 is 0 Å².